The molecule has 2 aliphatic carbocycles. The molecule has 0 aromatic heterocycles. The highest BCUT2D eigenvalue weighted by Crippen LogP contribution is 2.45. The van der Waals surface area contributed by atoms with Crippen LogP contribution in [-0.4, -0.2) is 44.3 Å². The van der Waals surface area contributed by atoms with Crippen LogP contribution in [0.25, 0.3) is 0 Å². The van der Waals surface area contributed by atoms with Gasteiger partial charge in [0, 0.05) is 5.92 Å². The minimum atomic E-state index is -1.40. The van der Waals surface area contributed by atoms with E-state index in [9.17, 15) is 39.6 Å². The van der Waals surface area contributed by atoms with Gasteiger partial charge in [-0.05, 0) is 35.6 Å². The molecule has 3 rings (SSSR count). The summed E-state index contributed by atoms with van der Waals surface area (Å²) in [5.41, 5.74) is -0.340. The summed E-state index contributed by atoms with van der Waals surface area (Å²) < 4.78 is 0. The summed E-state index contributed by atoms with van der Waals surface area (Å²) in [6.07, 6.45) is 2.95. The highest BCUT2D eigenvalue weighted by Gasteiger charge is 2.38. The van der Waals surface area contributed by atoms with Gasteiger partial charge in [-0.3, -0.25) is 0 Å². The van der Waals surface area contributed by atoms with Gasteiger partial charge < -0.3 is 20.4 Å². The lowest BCUT2D eigenvalue weighted by atomic mass is 9.82. The molecule has 128 valence electrons. The van der Waals surface area contributed by atoms with E-state index in [1.165, 1.54) is 24.3 Å². The molecule has 4 N–H and O–H groups in total. The molecule has 0 saturated carbocycles. The first-order valence-electron chi connectivity index (χ1n) is 7.24. The second-order valence-corrected chi connectivity index (χ2v) is 5.87. The van der Waals surface area contributed by atoms with E-state index in [1.54, 1.807) is 0 Å². The van der Waals surface area contributed by atoms with Crippen molar-refractivity contribution in [3.8, 4) is 0 Å². The van der Waals surface area contributed by atoms with Gasteiger partial charge in [0.05, 0.1) is 22.3 Å². The molecule has 0 heterocycles. The van der Waals surface area contributed by atoms with Crippen LogP contribution in [0.2, 0.25) is 0 Å². The van der Waals surface area contributed by atoms with E-state index in [0.29, 0.717) is 17.5 Å². The number of allylic oxidation sites excluding steroid dienone is 2. The highest BCUT2D eigenvalue weighted by molar-refractivity contribution is 6.06. The van der Waals surface area contributed by atoms with Crippen molar-refractivity contribution in [3.05, 3.63) is 57.7 Å². The van der Waals surface area contributed by atoms with E-state index in [2.05, 4.69) is 0 Å². The molecule has 0 aliphatic heterocycles. The maximum atomic E-state index is 11.3. The van der Waals surface area contributed by atoms with Crippen LogP contribution in [0.1, 0.15) is 37.8 Å². The lowest BCUT2D eigenvalue weighted by Crippen LogP contribution is -2.19. The van der Waals surface area contributed by atoms with Crippen LogP contribution in [0.4, 0.5) is 0 Å². The van der Waals surface area contributed by atoms with Gasteiger partial charge in [0.2, 0.25) is 0 Å². The monoisotopic (exact) mass is 344 g/mol. The van der Waals surface area contributed by atoms with E-state index >= 15 is 0 Å². The Morgan fingerprint density at radius 2 is 1.28 bits per heavy atom. The number of hydrogen-bond acceptors (Lipinski definition) is 4. The average molecular weight is 344 g/mol. The minimum absolute atomic E-state index is 0.306. The van der Waals surface area contributed by atoms with E-state index in [4.69, 9.17) is 0 Å². The molecular formula is C17H12O8. The number of aromatic carboxylic acids is 2. The molecular weight excluding hydrogens is 332 g/mol. The number of fused-ring (bicyclic) bond motifs is 3. The third kappa shape index (κ3) is 2.57. The van der Waals surface area contributed by atoms with Crippen molar-refractivity contribution in [2.24, 2.45) is 5.92 Å². The molecule has 1 aromatic carbocycles. The third-order valence-electron chi connectivity index (χ3n) is 4.49. The SMILES string of the molecule is O=C(O)C1=CC2Cc3cc(C(=O)O)c(C(=O)O)cc3C2C=C1C(=O)O. The van der Waals surface area contributed by atoms with Crippen LogP contribution in [0, 0.1) is 5.92 Å². The van der Waals surface area contributed by atoms with Crippen molar-refractivity contribution in [2.45, 2.75) is 12.3 Å². The van der Waals surface area contributed by atoms with Crippen molar-refractivity contribution >= 4 is 23.9 Å². The fourth-order valence-corrected chi connectivity index (χ4v) is 3.44. The molecule has 0 saturated heterocycles. The molecule has 25 heavy (non-hydrogen) atoms. The first kappa shape index (κ1) is 16.4. The van der Waals surface area contributed by atoms with Crippen molar-refractivity contribution < 1.29 is 39.6 Å². The van der Waals surface area contributed by atoms with Crippen LogP contribution in [0.15, 0.2) is 35.4 Å². The van der Waals surface area contributed by atoms with Gasteiger partial charge in [0.15, 0.2) is 0 Å². The summed E-state index contributed by atoms with van der Waals surface area (Å²) in [4.78, 5) is 45.3. The van der Waals surface area contributed by atoms with E-state index in [0.717, 1.165) is 0 Å². The van der Waals surface area contributed by atoms with Gasteiger partial charge in [0.1, 0.15) is 0 Å². The minimum Gasteiger partial charge on any atom is -0.478 e. The smallest absolute Gasteiger partial charge is 0.336 e. The predicted octanol–water partition coefficient (Wildman–Crippen LogP) is 1.37. The quantitative estimate of drug-likeness (QED) is 0.640. The zero-order valence-corrected chi connectivity index (χ0v) is 12.6. The van der Waals surface area contributed by atoms with Crippen molar-refractivity contribution in [2.75, 3.05) is 0 Å². The third-order valence-corrected chi connectivity index (χ3v) is 4.49. The molecule has 0 spiro atoms. The normalized spacial score (nSPS) is 20.8. The number of carboxylic acid groups (broad SMARTS) is 4. The van der Waals surface area contributed by atoms with Crippen LogP contribution in [0.3, 0.4) is 0 Å². The summed E-state index contributed by atoms with van der Waals surface area (Å²) in [6, 6.07) is 2.50. The number of benzene rings is 1. The Hall–Kier alpha value is -3.42. The summed E-state index contributed by atoms with van der Waals surface area (Å²) in [5, 5.41) is 36.9. The Kier molecular flexibility index (Phi) is 3.67. The molecule has 8 heteroatoms. The first-order valence-corrected chi connectivity index (χ1v) is 7.24. The Balaban J connectivity index is 2.17. The fourth-order valence-electron chi connectivity index (χ4n) is 3.44. The maximum absolute atomic E-state index is 11.3. The standard InChI is InChI=1S/C17H12O8/c18-14(19)10-2-6-1-7-3-11(15(20)21)13(17(24)25)5-9(7)8(6)4-12(10)16(22)23/h2-6,8H,1H2,(H,18,19)(H,20,21)(H,22,23)(H,24,25). The van der Waals surface area contributed by atoms with E-state index in [1.807, 2.05) is 0 Å². The van der Waals surface area contributed by atoms with Gasteiger partial charge in [-0.1, -0.05) is 12.2 Å². The van der Waals surface area contributed by atoms with Gasteiger partial charge in [-0.2, -0.15) is 0 Å². The Bertz CT molecular complexity index is 905. The maximum Gasteiger partial charge on any atom is 0.336 e. The van der Waals surface area contributed by atoms with Crippen LogP contribution < -0.4 is 0 Å². The lowest BCUT2D eigenvalue weighted by molar-refractivity contribution is -0.136. The van der Waals surface area contributed by atoms with E-state index < -0.39 is 29.8 Å². The predicted molar refractivity (Wildman–Crippen MR) is 81.7 cm³/mol. The van der Waals surface area contributed by atoms with Crippen molar-refractivity contribution in [1.29, 1.82) is 0 Å². The zero-order valence-electron chi connectivity index (χ0n) is 12.6. The lowest BCUT2D eigenvalue weighted by Gasteiger charge is -2.21. The average Bonchev–Trinajstić information content (AvgIpc) is 2.88. The second kappa shape index (κ2) is 5.59. The Labute approximate surface area is 140 Å². The van der Waals surface area contributed by atoms with Crippen molar-refractivity contribution in [1.82, 2.24) is 0 Å². The van der Waals surface area contributed by atoms with E-state index in [-0.39, 0.29) is 28.2 Å². The molecule has 8 nitrogen and oxygen atoms in total. The zero-order chi connectivity index (χ0) is 18.5. The van der Waals surface area contributed by atoms with Gasteiger partial charge in [-0.15, -0.1) is 0 Å². The van der Waals surface area contributed by atoms with Gasteiger partial charge in [0.25, 0.3) is 0 Å². The largest absolute Gasteiger partial charge is 0.478 e. The number of hydrogen-bond donors (Lipinski definition) is 4. The molecule has 2 atom stereocenters. The second-order valence-electron chi connectivity index (χ2n) is 5.87. The van der Waals surface area contributed by atoms with Gasteiger partial charge >= 0.3 is 23.9 Å². The molecule has 0 amide bonds. The van der Waals surface area contributed by atoms with Crippen LogP contribution >= 0.6 is 0 Å². The molecule has 0 radical (unpaired) electrons. The first-order chi connectivity index (χ1) is 11.7. The van der Waals surface area contributed by atoms with Crippen LogP contribution in [0.5, 0.6) is 0 Å². The number of carbonyl (C=O) groups is 4. The number of rotatable bonds is 4. The molecule has 1 aromatic rings. The summed E-state index contributed by atoms with van der Waals surface area (Å²) in [5.74, 6) is -6.40. The Morgan fingerprint density at radius 3 is 1.80 bits per heavy atom. The van der Waals surface area contributed by atoms with Gasteiger partial charge in [-0.25, -0.2) is 19.2 Å². The molecule has 0 bridgehead atoms. The fraction of sp³-hybridized carbons (Fsp3) is 0.176. The Morgan fingerprint density at radius 1 is 0.760 bits per heavy atom. The molecule has 2 unspecified atom stereocenters. The topological polar surface area (TPSA) is 149 Å². The number of carboxylic acids is 4. The van der Waals surface area contributed by atoms with Crippen LogP contribution in [-0.2, 0) is 16.0 Å². The summed E-state index contributed by atoms with van der Waals surface area (Å²) in [6.45, 7) is 0. The number of aliphatic carboxylic acids is 2. The summed E-state index contributed by atoms with van der Waals surface area (Å²) >= 11 is 0. The van der Waals surface area contributed by atoms with Crippen molar-refractivity contribution in [3.63, 3.8) is 0 Å². The highest BCUT2D eigenvalue weighted by atomic mass is 16.4. The molecule has 0 fully saturated rings. The molecule has 2 aliphatic rings. The summed E-state index contributed by atoms with van der Waals surface area (Å²) in [7, 11) is 0.